The first-order chi connectivity index (χ1) is 20.1. The number of nitrogens with two attached hydrogens (primary N) is 1. The molecule has 2 fully saturated rings. The van der Waals surface area contributed by atoms with Crippen molar-refractivity contribution in [1.29, 1.82) is 0 Å². The van der Waals surface area contributed by atoms with Crippen LogP contribution in [0.15, 0.2) is 54.7 Å². The number of amides is 2. The maximum Gasteiger partial charge on any atom is 0.271 e. The van der Waals surface area contributed by atoms with Crippen LogP contribution in [0.1, 0.15) is 84.3 Å². The van der Waals surface area contributed by atoms with Gasteiger partial charge in [-0.3, -0.25) is 9.59 Å². The number of nitrogens with zero attached hydrogens (tertiary/aromatic N) is 4. The maximum atomic E-state index is 13.0. The zero-order valence-electron chi connectivity index (χ0n) is 25.2. The Hall–Kier alpha value is -3.98. The number of primary amides is 1. The summed E-state index contributed by atoms with van der Waals surface area (Å²) in [5, 5.41) is 6.46. The Kier molecular flexibility index (Phi) is 8.77. The van der Waals surface area contributed by atoms with Crippen molar-refractivity contribution >= 4 is 29.1 Å². The van der Waals surface area contributed by atoms with Crippen LogP contribution in [0.2, 0.25) is 0 Å². The van der Waals surface area contributed by atoms with Gasteiger partial charge in [0.1, 0.15) is 5.82 Å². The molecular formula is C33H43N7O2. The summed E-state index contributed by atoms with van der Waals surface area (Å²) in [5.41, 5.74) is 9.77. The standard InChI is InChI=1S/C33H43N7O2/c1-33(2,3)25-11-7-24(8-12-25)32(42)37-27-6-5-17-40(21-27)28-20-35-29(30(34)41)31(38-28)36-26-13-9-22(10-14-26)23-15-18-39(4)19-16-23/h7-14,20,23,27H,5-6,15-19,21H2,1-4H3,(H2,34,41)(H,36,38)(H,37,42). The molecule has 42 heavy (non-hydrogen) atoms. The van der Waals surface area contributed by atoms with Gasteiger partial charge in [-0.1, -0.05) is 45.0 Å². The molecule has 0 spiro atoms. The average molecular weight is 570 g/mol. The molecule has 2 aromatic carbocycles. The Bertz CT molecular complexity index is 1390. The smallest absolute Gasteiger partial charge is 0.271 e. The summed E-state index contributed by atoms with van der Waals surface area (Å²) in [7, 11) is 2.17. The quantitative estimate of drug-likeness (QED) is 0.373. The Labute approximate surface area is 248 Å². The molecule has 0 radical (unpaired) electrons. The van der Waals surface area contributed by atoms with Gasteiger partial charge in [0.2, 0.25) is 0 Å². The van der Waals surface area contributed by atoms with Crippen LogP contribution in [0.5, 0.6) is 0 Å². The van der Waals surface area contributed by atoms with E-state index in [1.807, 2.05) is 36.4 Å². The molecule has 2 saturated heterocycles. The van der Waals surface area contributed by atoms with Crippen molar-refractivity contribution in [1.82, 2.24) is 20.2 Å². The summed E-state index contributed by atoms with van der Waals surface area (Å²) in [6.45, 7) is 10.1. The molecular weight excluding hydrogens is 526 g/mol. The lowest BCUT2D eigenvalue weighted by molar-refractivity contribution is 0.0931. The Morgan fingerprint density at radius 3 is 2.29 bits per heavy atom. The number of hydrogen-bond acceptors (Lipinski definition) is 7. The minimum Gasteiger partial charge on any atom is -0.364 e. The monoisotopic (exact) mass is 569 g/mol. The lowest BCUT2D eigenvalue weighted by atomic mass is 9.86. The molecule has 1 unspecified atom stereocenters. The van der Waals surface area contributed by atoms with Gasteiger partial charge in [0.15, 0.2) is 11.5 Å². The van der Waals surface area contributed by atoms with E-state index in [1.54, 1.807) is 6.20 Å². The van der Waals surface area contributed by atoms with Crippen LogP contribution in [0.4, 0.5) is 17.3 Å². The number of anilines is 3. The molecule has 1 aromatic heterocycles. The Morgan fingerprint density at radius 2 is 1.64 bits per heavy atom. The second-order valence-corrected chi connectivity index (χ2v) is 12.7. The summed E-state index contributed by atoms with van der Waals surface area (Å²) < 4.78 is 0. The van der Waals surface area contributed by atoms with Crippen LogP contribution in [0.3, 0.4) is 0 Å². The number of benzene rings is 2. The Balaban J connectivity index is 1.26. The first-order valence-electron chi connectivity index (χ1n) is 15.0. The average Bonchev–Trinajstić information content (AvgIpc) is 2.97. The molecule has 1 atom stereocenters. The molecule has 5 rings (SSSR count). The number of carbonyl (C=O) groups is 2. The molecule has 3 heterocycles. The van der Waals surface area contributed by atoms with Crippen molar-refractivity contribution in [2.45, 2.75) is 63.8 Å². The highest BCUT2D eigenvalue weighted by molar-refractivity contribution is 5.96. The van der Waals surface area contributed by atoms with Gasteiger partial charge in [0, 0.05) is 30.4 Å². The molecule has 9 nitrogen and oxygen atoms in total. The van der Waals surface area contributed by atoms with Crippen molar-refractivity contribution in [3.05, 3.63) is 77.1 Å². The van der Waals surface area contributed by atoms with Crippen LogP contribution < -0.4 is 21.3 Å². The summed E-state index contributed by atoms with van der Waals surface area (Å²) in [6.07, 6.45) is 5.68. The summed E-state index contributed by atoms with van der Waals surface area (Å²) >= 11 is 0. The maximum absolute atomic E-state index is 13.0. The largest absolute Gasteiger partial charge is 0.364 e. The predicted molar refractivity (Wildman–Crippen MR) is 168 cm³/mol. The van der Waals surface area contributed by atoms with Gasteiger partial charge in [-0.05, 0) is 92.5 Å². The van der Waals surface area contributed by atoms with E-state index in [2.05, 4.69) is 65.4 Å². The van der Waals surface area contributed by atoms with Crippen molar-refractivity contribution < 1.29 is 9.59 Å². The summed E-state index contributed by atoms with van der Waals surface area (Å²) in [5.74, 6) is 0.815. The van der Waals surface area contributed by atoms with Crippen LogP contribution >= 0.6 is 0 Å². The van der Waals surface area contributed by atoms with Gasteiger partial charge in [-0.2, -0.15) is 0 Å². The van der Waals surface area contributed by atoms with Crippen molar-refractivity contribution in [2.75, 3.05) is 43.4 Å². The molecule has 4 N–H and O–H groups in total. The number of hydrogen-bond donors (Lipinski definition) is 3. The van der Waals surface area contributed by atoms with Gasteiger partial charge in [-0.25, -0.2) is 9.97 Å². The van der Waals surface area contributed by atoms with Gasteiger partial charge < -0.3 is 26.2 Å². The number of rotatable bonds is 7. The van der Waals surface area contributed by atoms with Crippen molar-refractivity contribution in [3.63, 3.8) is 0 Å². The van der Waals surface area contributed by atoms with Crippen molar-refractivity contribution in [3.8, 4) is 0 Å². The molecule has 0 bridgehead atoms. The highest BCUT2D eigenvalue weighted by atomic mass is 16.2. The van der Waals surface area contributed by atoms with E-state index in [-0.39, 0.29) is 23.1 Å². The van der Waals surface area contributed by atoms with Crippen LogP contribution in [-0.2, 0) is 5.41 Å². The van der Waals surface area contributed by atoms with Gasteiger partial charge in [0.05, 0.1) is 6.20 Å². The molecule has 9 heteroatoms. The fraction of sp³-hybridized carbons (Fsp3) is 0.455. The van der Waals surface area contributed by atoms with Crippen LogP contribution in [-0.4, -0.2) is 66.0 Å². The topological polar surface area (TPSA) is 116 Å². The van der Waals surface area contributed by atoms with Gasteiger partial charge >= 0.3 is 0 Å². The molecule has 3 aromatic rings. The second kappa shape index (κ2) is 12.5. The number of aromatic nitrogens is 2. The molecule has 2 aliphatic rings. The van der Waals surface area contributed by atoms with E-state index in [0.717, 1.165) is 51.0 Å². The van der Waals surface area contributed by atoms with E-state index >= 15 is 0 Å². The third-order valence-corrected chi connectivity index (χ3v) is 8.45. The van der Waals surface area contributed by atoms with E-state index in [0.29, 0.717) is 29.7 Å². The molecule has 2 aliphatic heterocycles. The fourth-order valence-corrected chi connectivity index (χ4v) is 5.81. The highest BCUT2D eigenvalue weighted by Crippen LogP contribution is 2.30. The number of nitrogens with one attached hydrogen (secondary N) is 2. The number of carbonyl (C=O) groups excluding carboxylic acids is 2. The zero-order valence-corrected chi connectivity index (χ0v) is 25.2. The SMILES string of the molecule is CN1CCC(c2ccc(Nc3nc(N4CCCC(NC(=O)c5ccc(C(C)(C)C)cc5)C4)cnc3C(N)=O)cc2)CC1. The lowest BCUT2D eigenvalue weighted by Gasteiger charge is -2.34. The molecule has 222 valence electrons. The van der Waals surface area contributed by atoms with E-state index in [1.165, 1.54) is 11.1 Å². The van der Waals surface area contributed by atoms with Gasteiger partial charge in [0.25, 0.3) is 11.8 Å². The molecule has 2 amide bonds. The molecule has 0 aliphatic carbocycles. The minimum atomic E-state index is -0.638. The third-order valence-electron chi connectivity index (χ3n) is 8.45. The summed E-state index contributed by atoms with van der Waals surface area (Å²) in [4.78, 5) is 38.8. The van der Waals surface area contributed by atoms with Gasteiger partial charge in [-0.15, -0.1) is 0 Å². The predicted octanol–water partition coefficient (Wildman–Crippen LogP) is 4.82. The first-order valence-corrected chi connectivity index (χ1v) is 15.0. The fourth-order valence-electron chi connectivity index (χ4n) is 5.81. The minimum absolute atomic E-state index is 0.0327. The van der Waals surface area contributed by atoms with Crippen LogP contribution in [0.25, 0.3) is 0 Å². The van der Waals surface area contributed by atoms with E-state index in [4.69, 9.17) is 10.7 Å². The highest BCUT2D eigenvalue weighted by Gasteiger charge is 2.25. The number of piperidine rings is 2. The third kappa shape index (κ3) is 7.07. The second-order valence-electron chi connectivity index (χ2n) is 12.7. The lowest BCUT2D eigenvalue weighted by Crippen LogP contribution is -2.48. The number of likely N-dealkylation sites (tertiary alicyclic amines) is 1. The first kappa shape index (κ1) is 29.5. The summed E-state index contributed by atoms with van der Waals surface area (Å²) in [6, 6.07) is 16.1. The zero-order chi connectivity index (χ0) is 29.9. The normalized spacial score (nSPS) is 18.5. The molecule has 0 saturated carbocycles. The van der Waals surface area contributed by atoms with Crippen molar-refractivity contribution in [2.24, 2.45) is 5.73 Å². The van der Waals surface area contributed by atoms with E-state index < -0.39 is 5.91 Å². The Morgan fingerprint density at radius 1 is 0.952 bits per heavy atom. The van der Waals surface area contributed by atoms with Crippen LogP contribution in [0, 0.1) is 0 Å². The van der Waals surface area contributed by atoms with E-state index in [9.17, 15) is 9.59 Å².